The van der Waals surface area contributed by atoms with Crippen molar-refractivity contribution in [2.75, 3.05) is 18.5 Å². The minimum Gasteiger partial charge on any atom is -0.462 e. The standard InChI is InChI=1S/C30H33N5O7S2/c1-7-40-28(38)23-18(5)24(29(39)41-8-2)44-27(23)32-25(36)19(6)43-30-34-33-22(15-31-26(37)21-10-9-13-42-21)35(30)20-14-16(3)11-12-17(20)4/h9-14,19H,7-8,15H2,1-6H3,(H,31,37)(H,32,36)/t19-/m0/s1. The van der Waals surface area contributed by atoms with E-state index in [1.54, 1.807) is 44.4 Å². The van der Waals surface area contributed by atoms with Crippen molar-refractivity contribution in [3.63, 3.8) is 0 Å². The highest BCUT2D eigenvalue weighted by Gasteiger charge is 2.29. The van der Waals surface area contributed by atoms with E-state index in [4.69, 9.17) is 13.9 Å². The van der Waals surface area contributed by atoms with Crippen molar-refractivity contribution in [2.45, 2.75) is 58.5 Å². The Morgan fingerprint density at radius 1 is 1.05 bits per heavy atom. The van der Waals surface area contributed by atoms with Crippen LogP contribution in [0.4, 0.5) is 5.00 Å². The number of ether oxygens (including phenoxy) is 2. The molecule has 0 bridgehead atoms. The maximum Gasteiger partial charge on any atom is 0.348 e. The second-order valence-corrected chi connectivity index (χ2v) is 12.0. The molecule has 0 unspecified atom stereocenters. The van der Waals surface area contributed by atoms with Crippen LogP contribution in [-0.4, -0.2) is 57.0 Å². The first-order chi connectivity index (χ1) is 21.0. The number of hydrogen-bond donors (Lipinski definition) is 2. The molecule has 0 saturated carbocycles. The molecule has 0 saturated heterocycles. The number of thioether (sulfide) groups is 1. The predicted octanol–water partition coefficient (Wildman–Crippen LogP) is 5.25. The Morgan fingerprint density at radius 3 is 2.45 bits per heavy atom. The molecular weight excluding hydrogens is 606 g/mol. The average Bonchev–Trinajstić information content (AvgIpc) is 3.73. The molecule has 12 nitrogen and oxygen atoms in total. The van der Waals surface area contributed by atoms with Crippen LogP contribution in [0.1, 0.15) is 73.9 Å². The summed E-state index contributed by atoms with van der Waals surface area (Å²) in [6, 6.07) is 9.11. The molecule has 0 aliphatic heterocycles. The second-order valence-electron chi connectivity index (χ2n) is 9.63. The molecule has 4 aromatic rings. The lowest BCUT2D eigenvalue weighted by atomic mass is 10.1. The van der Waals surface area contributed by atoms with Crippen molar-refractivity contribution in [3.8, 4) is 5.69 Å². The van der Waals surface area contributed by atoms with Gasteiger partial charge in [-0.3, -0.25) is 14.2 Å². The molecular formula is C30H33N5O7S2. The number of anilines is 1. The third kappa shape index (κ3) is 7.19. The number of rotatable bonds is 12. The Balaban J connectivity index is 1.62. The zero-order chi connectivity index (χ0) is 32.0. The summed E-state index contributed by atoms with van der Waals surface area (Å²) < 4.78 is 17.3. The van der Waals surface area contributed by atoms with Crippen LogP contribution in [0.5, 0.6) is 0 Å². The largest absolute Gasteiger partial charge is 0.462 e. The highest BCUT2D eigenvalue weighted by atomic mass is 32.2. The molecule has 1 atom stereocenters. The van der Waals surface area contributed by atoms with Crippen LogP contribution < -0.4 is 10.6 Å². The fourth-order valence-electron chi connectivity index (χ4n) is 4.21. The first-order valence-corrected chi connectivity index (χ1v) is 15.5. The van der Waals surface area contributed by atoms with Crippen LogP contribution in [0.3, 0.4) is 0 Å². The number of furan rings is 1. The molecule has 0 aliphatic rings. The van der Waals surface area contributed by atoms with E-state index in [0.717, 1.165) is 39.9 Å². The average molecular weight is 640 g/mol. The zero-order valence-corrected chi connectivity index (χ0v) is 26.8. The number of carbonyl (C=O) groups is 4. The number of nitrogens with zero attached hydrogens (tertiary/aromatic N) is 3. The number of thiophene rings is 1. The SMILES string of the molecule is CCOC(=O)c1sc(NC(=O)[C@H](C)Sc2nnc(CNC(=O)c3ccco3)n2-c2cc(C)ccc2C)c(C(=O)OCC)c1C. The van der Waals surface area contributed by atoms with Gasteiger partial charge in [0.2, 0.25) is 5.91 Å². The first-order valence-electron chi connectivity index (χ1n) is 13.8. The van der Waals surface area contributed by atoms with E-state index < -0.39 is 29.0 Å². The molecule has 2 amide bonds. The van der Waals surface area contributed by atoms with Gasteiger partial charge < -0.3 is 24.5 Å². The van der Waals surface area contributed by atoms with E-state index in [0.29, 0.717) is 16.5 Å². The smallest absolute Gasteiger partial charge is 0.348 e. The van der Waals surface area contributed by atoms with Crippen LogP contribution in [0.2, 0.25) is 0 Å². The van der Waals surface area contributed by atoms with Crippen LogP contribution in [0.15, 0.2) is 46.2 Å². The molecule has 232 valence electrons. The molecule has 3 aromatic heterocycles. The van der Waals surface area contributed by atoms with Crippen LogP contribution in [0, 0.1) is 20.8 Å². The first kappa shape index (κ1) is 32.5. The molecule has 14 heteroatoms. The maximum atomic E-state index is 13.5. The number of amides is 2. The lowest BCUT2D eigenvalue weighted by Crippen LogP contribution is -2.25. The molecule has 2 N–H and O–H groups in total. The number of hydrogen-bond acceptors (Lipinski definition) is 11. The molecule has 1 aromatic carbocycles. The van der Waals surface area contributed by atoms with Crippen molar-refractivity contribution in [3.05, 3.63) is 75.3 Å². The summed E-state index contributed by atoms with van der Waals surface area (Å²) in [6.07, 6.45) is 1.42. The van der Waals surface area contributed by atoms with Crippen LogP contribution >= 0.6 is 23.1 Å². The highest BCUT2D eigenvalue weighted by Crippen LogP contribution is 2.35. The summed E-state index contributed by atoms with van der Waals surface area (Å²) in [5, 5.41) is 14.2. The van der Waals surface area contributed by atoms with Crippen LogP contribution in [-0.2, 0) is 20.8 Å². The van der Waals surface area contributed by atoms with Gasteiger partial charge in [-0.2, -0.15) is 0 Å². The van der Waals surface area contributed by atoms with Gasteiger partial charge in [0.05, 0.1) is 42.5 Å². The predicted molar refractivity (Wildman–Crippen MR) is 166 cm³/mol. The number of benzene rings is 1. The van der Waals surface area contributed by atoms with Crippen LogP contribution in [0.25, 0.3) is 5.69 Å². The number of aryl methyl sites for hydroxylation is 2. The fourth-order valence-corrected chi connectivity index (χ4v) is 6.19. The van der Waals surface area contributed by atoms with Crippen molar-refractivity contribution in [2.24, 2.45) is 0 Å². The lowest BCUT2D eigenvalue weighted by Gasteiger charge is -2.16. The molecule has 4 rings (SSSR count). The van der Waals surface area contributed by atoms with E-state index in [2.05, 4.69) is 20.8 Å². The van der Waals surface area contributed by atoms with Gasteiger partial charge in [-0.25, -0.2) is 9.59 Å². The van der Waals surface area contributed by atoms with Gasteiger partial charge in [-0.15, -0.1) is 21.5 Å². The molecule has 0 aliphatic carbocycles. The summed E-state index contributed by atoms with van der Waals surface area (Å²) in [4.78, 5) is 51.5. The Hall–Kier alpha value is -4.43. The summed E-state index contributed by atoms with van der Waals surface area (Å²) in [7, 11) is 0. The van der Waals surface area contributed by atoms with Gasteiger partial charge in [-0.1, -0.05) is 23.9 Å². The van der Waals surface area contributed by atoms with Gasteiger partial charge in [0, 0.05) is 0 Å². The lowest BCUT2D eigenvalue weighted by molar-refractivity contribution is -0.115. The maximum absolute atomic E-state index is 13.5. The number of esters is 2. The van der Waals surface area contributed by atoms with Gasteiger partial charge in [0.25, 0.3) is 5.91 Å². The third-order valence-corrected chi connectivity index (χ3v) is 8.66. The number of aromatic nitrogens is 3. The Labute approximate surface area is 262 Å². The molecule has 0 fully saturated rings. The van der Waals surface area contributed by atoms with Crippen molar-refractivity contribution in [1.29, 1.82) is 0 Å². The topological polar surface area (TPSA) is 155 Å². The van der Waals surface area contributed by atoms with Gasteiger partial charge in [-0.05, 0) is 76.4 Å². The molecule has 0 radical (unpaired) electrons. The summed E-state index contributed by atoms with van der Waals surface area (Å²) >= 11 is 2.11. The number of nitrogens with one attached hydrogen (secondary N) is 2. The summed E-state index contributed by atoms with van der Waals surface area (Å²) in [5.41, 5.74) is 3.22. The Kier molecular flexibility index (Phi) is 10.6. The quantitative estimate of drug-likeness (QED) is 0.155. The normalized spacial score (nSPS) is 11.6. The highest BCUT2D eigenvalue weighted by molar-refractivity contribution is 8.00. The fraction of sp³-hybridized carbons (Fsp3) is 0.333. The van der Waals surface area contributed by atoms with E-state index in [1.807, 2.05) is 32.0 Å². The minimum absolute atomic E-state index is 0.0507. The van der Waals surface area contributed by atoms with Gasteiger partial charge in [0.15, 0.2) is 16.7 Å². The van der Waals surface area contributed by atoms with Crippen molar-refractivity contribution < 1.29 is 33.1 Å². The van der Waals surface area contributed by atoms with Crippen molar-refractivity contribution in [1.82, 2.24) is 20.1 Å². The molecule has 0 spiro atoms. The van der Waals surface area contributed by atoms with Crippen molar-refractivity contribution >= 4 is 51.9 Å². The summed E-state index contributed by atoms with van der Waals surface area (Å²) in [5.74, 6) is -1.45. The third-order valence-electron chi connectivity index (χ3n) is 6.43. The van der Waals surface area contributed by atoms with E-state index in [9.17, 15) is 19.2 Å². The monoisotopic (exact) mass is 639 g/mol. The molecule has 3 heterocycles. The number of carbonyl (C=O) groups excluding carboxylic acids is 4. The molecule has 44 heavy (non-hydrogen) atoms. The Bertz CT molecular complexity index is 1680. The van der Waals surface area contributed by atoms with E-state index in [-0.39, 0.29) is 41.0 Å². The van der Waals surface area contributed by atoms with Gasteiger partial charge >= 0.3 is 11.9 Å². The zero-order valence-electron chi connectivity index (χ0n) is 25.2. The van der Waals surface area contributed by atoms with E-state index >= 15 is 0 Å². The van der Waals surface area contributed by atoms with Gasteiger partial charge in [0.1, 0.15) is 9.88 Å². The minimum atomic E-state index is -0.711. The summed E-state index contributed by atoms with van der Waals surface area (Å²) in [6.45, 7) is 10.9. The second kappa shape index (κ2) is 14.4. The van der Waals surface area contributed by atoms with E-state index in [1.165, 1.54) is 6.26 Å². The Morgan fingerprint density at radius 2 is 1.77 bits per heavy atom.